The molecule has 1 heterocycles. The Morgan fingerprint density at radius 1 is 0.588 bits per heavy atom. The molecule has 5 rings (SSSR count). The second-order valence-corrected chi connectivity index (χ2v) is 7.77. The van der Waals surface area contributed by atoms with Gasteiger partial charge in [-0.1, -0.05) is 54.6 Å². The second-order valence-electron chi connectivity index (χ2n) is 7.77. The molecule has 6 heteroatoms. The molecule has 0 aliphatic carbocycles. The fraction of sp³-hybridized carbons (Fsp3) is 0. The third-order valence-electron chi connectivity index (χ3n) is 5.60. The molecule has 6 nitrogen and oxygen atoms in total. The minimum absolute atomic E-state index is 0.137. The van der Waals surface area contributed by atoms with Crippen LogP contribution in [0.3, 0.4) is 0 Å². The van der Waals surface area contributed by atoms with Gasteiger partial charge in [0.2, 0.25) is 0 Å². The zero-order chi connectivity index (χ0) is 23.7. The number of fused-ring (bicyclic) bond motifs is 1. The number of anilines is 2. The van der Waals surface area contributed by atoms with Crippen molar-refractivity contribution < 1.29 is 19.2 Å². The monoisotopic (exact) mass is 446 g/mol. The lowest BCUT2D eigenvalue weighted by Gasteiger charge is -2.14. The number of benzene rings is 4. The van der Waals surface area contributed by atoms with Gasteiger partial charge in [-0.3, -0.25) is 19.2 Å². The lowest BCUT2D eigenvalue weighted by molar-refractivity contribution is 0.0924. The largest absolute Gasteiger partial charge is 0.322 e. The number of imide groups is 1. The van der Waals surface area contributed by atoms with E-state index in [1.54, 1.807) is 97.1 Å². The Morgan fingerprint density at radius 3 is 1.82 bits per heavy atom. The van der Waals surface area contributed by atoms with E-state index in [1.165, 1.54) is 0 Å². The third kappa shape index (κ3) is 3.78. The predicted molar refractivity (Wildman–Crippen MR) is 128 cm³/mol. The van der Waals surface area contributed by atoms with Gasteiger partial charge in [0.1, 0.15) is 0 Å². The van der Waals surface area contributed by atoms with Crippen molar-refractivity contribution in [1.29, 1.82) is 0 Å². The quantitative estimate of drug-likeness (QED) is 0.347. The predicted octanol–water partition coefficient (Wildman–Crippen LogP) is 4.97. The summed E-state index contributed by atoms with van der Waals surface area (Å²) in [4.78, 5) is 51.9. The summed E-state index contributed by atoms with van der Waals surface area (Å²) in [7, 11) is 0. The van der Waals surface area contributed by atoms with E-state index in [4.69, 9.17) is 0 Å². The van der Waals surface area contributed by atoms with Crippen LogP contribution in [0.1, 0.15) is 47.0 Å². The van der Waals surface area contributed by atoms with Crippen molar-refractivity contribution in [1.82, 2.24) is 0 Å². The van der Waals surface area contributed by atoms with Gasteiger partial charge in [0.15, 0.2) is 5.78 Å². The van der Waals surface area contributed by atoms with Crippen molar-refractivity contribution in [2.24, 2.45) is 0 Å². The van der Waals surface area contributed by atoms with Crippen LogP contribution >= 0.6 is 0 Å². The second kappa shape index (κ2) is 8.60. The Balaban J connectivity index is 1.32. The number of carbonyl (C=O) groups excluding carboxylic acids is 4. The van der Waals surface area contributed by atoms with E-state index < -0.39 is 11.8 Å². The summed E-state index contributed by atoms with van der Waals surface area (Å²) in [5, 5.41) is 2.79. The fourth-order valence-corrected chi connectivity index (χ4v) is 3.88. The molecule has 4 aromatic carbocycles. The molecular weight excluding hydrogens is 428 g/mol. The lowest BCUT2D eigenvalue weighted by Crippen LogP contribution is -2.29. The molecule has 1 N–H and O–H groups in total. The van der Waals surface area contributed by atoms with Crippen LogP contribution in [0.5, 0.6) is 0 Å². The van der Waals surface area contributed by atoms with E-state index in [9.17, 15) is 19.2 Å². The number of hydrogen-bond donors (Lipinski definition) is 1. The van der Waals surface area contributed by atoms with Crippen molar-refractivity contribution in [2.75, 3.05) is 10.2 Å². The normalized spacial score (nSPS) is 12.4. The van der Waals surface area contributed by atoms with Gasteiger partial charge in [0, 0.05) is 22.4 Å². The highest BCUT2D eigenvalue weighted by atomic mass is 16.2. The van der Waals surface area contributed by atoms with Crippen LogP contribution in [0, 0.1) is 0 Å². The molecule has 0 bridgehead atoms. The van der Waals surface area contributed by atoms with E-state index in [-0.39, 0.29) is 11.7 Å². The molecule has 34 heavy (non-hydrogen) atoms. The van der Waals surface area contributed by atoms with Crippen LogP contribution in [-0.4, -0.2) is 23.5 Å². The number of ketones is 1. The minimum atomic E-state index is -0.391. The number of nitrogens with zero attached hydrogens (tertiary/aromatic N) is 1. The minimum Gasteiger partial charge on any atom is -0.322 e. The molecule has 0 spiro atoms. The van der Waals surface area contributed by atoms with Crippen LogP contribution in [0.2, 0.25) is 0 Å². The number of rotatable bonds is 5. The van der Waals surface area contributed by atoms with Gasteiger partial charge < -0.3 is 5.32 Å². The molecule has 1 aliphatic heterocycles. The smallest absolute Gasteiger partial charge is 0.266 e. The first-order valence-electron chi connectivity index (χ1n) is 10.6. The molecule has 0 unspecified atom stereocenters. The standard InChI is InChI=1S/C28H18N2O4/c31-25(18-7-2-1-3-8-18)20-9-6-10-21(17-20)29-26(32)19-13-15-22(16-14-19)30-27(33)23-11-4-5-12-24(23)28(30)34/h1-17H,(H,29,32). The van der Waals surface area contributed by atoms with Crippen LogP contribution in [0.15, 0.2) is 103 Å². The molecule has 1 aliphatic rings. The summed E-state index contributed by atoms with van der Waals surface area (Å²) in [6.07, 6.45) is 0. The first-order valence-corrected chi connectivity index (χ1v) is 10.6. The number of amides is 3. The van der Waals surface area contributed by atoms with E-state index >= 15 is 0 Å². The van der Waals surface area contributed by atoms with Crippen molar-refractivity contribution >= 4 is 34.9 Å². The molecule has 0 saturated carbocycles. The Hall–Kier alpha value is -4.84. The molecule has 0 aromatic heterocycles. The molecule has 0 radical (unpaired) electrons. The van der Waals surface area contributed by atoms with Crippen molar-refractivity contribution in [3.63, 3.8) is 0 Å². The van der Waals surface area contributed by atoms with Gasteiger partial charge in [-0.05, 0) is 48.5 Å². The maximum Gasteiger partial charge on any atom is 0.266 e. The van der Waals surface area contributed by atoms with Crippen LogP contribution in [-0.2, 0) is 0 Å². The summed E-state index contributed by atoms with van der Waals surface area (Å²) in [5.41, 5.74) is 2.97. The van der Waals surface area contributed by atoms with Crippen molar-refractivity contribution in [2.45, 2.75) is 0 Å². The maximum atomic E-state index is 12.8. The van der Waals surface area contributed by atoms with Crippen LogP contribution in [0.25, 0.3) is 0 Å². The van der Waals surface area contributed by atoms with E-state index in [0.29, 0.717) is 39.2 Å². The highest BCUT2D eigenvalue weighted by molar-refractivity contribution is 6.34. The summed E-state index contributed by atoms with van der Waals surface area (Å²) in [5.74, 6) is -1.30. The first-order chi connectivity index (χ1) is 16.5. The van der Waals surface area contributed by atoms with E-state index in [2.05, 4.69) is 5.32 Å². The van der Waals surface area contributed by atoms with Crippen LogP contribution < -0.4 is 10.2 Å². The molecule has 164 valence electrons. The zero-order valence-electron chi connectivity index (χ0n) is 17.9. The Bertz CT molecular complexity index is 1410. The molecular formula is C28H18N2O4. The summed E-state index contributed by atoms with van der Waals surface area (Å²) < 4.78 is 0. The number of carbonyl (C=O) groups is 4. The maximum absolute atomic E-state index is 12.8. The molecule has 3 amide bonds. The molecule has 0 fully saturated rings. The molecule has 0 saturated heterocycles. The first kappa shape index (κ1) is 21.0. The lowest BCUT2D eigenvalue weighted by atomic mass is 10.0. The Morgan fingerprint density at radius 2 is 1.18 bits per heavy atom. The molecule has 4 aromatic rings. The van der Waals surface area contributed by atoms with Gasteiger partial charge in [0.05, 0.1) is 16.8 Å². The SMILES string of the molecule is O=C(Nc1cccc(C(=O)c2ccccc2)c1)c1ccc(N2C(=O)c3ccccc3C2=O)cc1. The Labute approximate surface area is 195 Å². The van der Waals surface area contributed by atoms with Gasteiger partial charge in [0.25, 0.3) is 17.7 Å². The average molecular weight is 446 g/mol. The third-order valence-corrected chi connectivity index (χ3v) is 5.60. The van der Waals surface area contributed by atoms with Crippen molar-refractivity contribution in [3.05, 3.63) is 131 Å². The van der Waals surface area contributed by atoms with Crippen LogP contribution in [0.4, 0.5) is 11.4 Å². The highest BCUT2D eigenvalue weighted by Crippen LogP contribution is 2.28. The van der Waals surface area contributed by atoms with Crippen molar-refractivity contribution in [3.8, 4) is 0 Å². The van der Waals surface area contributed by atoms with Gasteiger partial charge in [-0.25, -0.2) is 4.90 Å². The molecule has 0 atom stereocenters. The van der Waals surface area contributed by atoms with E-state index in [0.717, 1.165) is 4.90 Å². The number of hydrogen-bond acceptors (Lipinski definition) is 4. The Kier molecular flexibility index (Phi) is 5.32. The average Bonchev–Trinajstić information content (AvgIpc) is 3.14. The zero-order valence-corrected chi connectivity index (χ0v) is 17.9. The fourth-order valence-electron chi connectivity index (χ4n) is 3.88. The van der Waals surface area contributed by atoms with Gasteiger partial charge in [-0.15, -0.1) is 0 Å². The summed E-state index contributed by atoms with van der Waals surface area (Å²) >= 11 is 0. The van der Waals surface area contributed by atoms with Gasteiger partial charge >= 0.3 is 0 Å². The topological polar surface area (TPSA) is 83.6 Å². The highest BCUT2D eigenvalue weighted by Gasteiger charge is 2.36. The summed E-state index contributed by atoms with van der Waals surface area (Å²) in [6.45, 7) is 0. The summed E-state index contributed by atoms with van der Waals surface area (Å²) in [6, 6.07) is 28.5. The van der Waals surface area contributed by atoms with E-state index in [1.807, 2.05) is 6.07 Å². The van der Waals surface area contributed by atoms with Gasteiger partial charge in [-0.2, -0.15) is 0 Å². The number of nitrogens with one attached hydrogen (secondary N) is 1.